The lowest BCUT2D eigenvalue weighted by Gasteiger charge is -2.14. The van der Waals surface area contributed by atoms with Crippen molar-refractivity contribution in [2.24, 2.45) is 11.5 Å². The zero-order chi connectivity index (χ0) is 18.4. The Hall–Kier alpha value is -2.37. The van der Waals surface area contributed by atoms with Gasteiger partial charge in [-0.15, -0.1) is 0 Å². The van der Waals surface area contributed by atoms with Crippen LogP contribution in [-0.4, -0.2) is 31.8 Å². The van der Waals surface area contributed by atoms with Crippen molar-refractivity contribution in [3.63, 3.8) is 0 Å². The van der Waals surface area contributed by atoms with Gasteiger partial charge < -0.3 is 21.5 Å². The lowest BCUT2D eigenvalue weighted by Crippen LogP contribution is -2.30. The van der Waals surface area contributed by atoms with Crippen molar-refractivity contribution in [3.05, 3.63) is 59.7 Å². The van der Waals surface area contributed by atoms with Gasteiger partial charge in [-0.05, 0) is 35.1 Å². The number of nitrogens with one attached hydrogen (secondary N) is 1. The third-order valence-corrected chi connectivity index (χ3v) is 4.92. The van der Waals surface area contributed by atoms with Crippen molar-refractivity contribution < 1.29 is 9.53 Å². The Bertz CT molecular complexity index is 702. The summed E-state index contributed by atoms with van der Waals surface area (Å²) in [5.41, 5.74) is 16.2. The predicted molar refractivity (Wildman–Crippen MR) is 104 cm³/mol. The van der Waals surface area contributed by atoms with E-state index in [1.54, 1.807) is 0 Å². The molecule has 0 heterocycles. The molecule has 1 aliphatic rings. The molecule has 26 heavy (non-hydrogen) atoms. The minimum absolute atomic E-state index is 0.0458. The number of alkyl carbamates (subject to hydrolysis) is 1. The van der Waals surface area contributed by atoms with E-state index in [1.807, 2.05) is 24.3 Å². The first kappa shape index (κ1) is 18.4. The molecule has 0 saturated carbocycles. The number of amides is 1. The number of nitrogens with two attached hydrogens (primary N) is 2. The predicted octanol–water partition coefficient (Wildman–Crippen LogP) is 2.98. The summed E-state index contributed by atoms with van der Waals surface area (Å²) in [4.78, 5) is 12.0. The van der Waals surface area contributed by atoms with Crippen LogP contribution in [0.15, 0.2) is 48.5 Å². The Morgan fingerprint density at radius 2 is 1.65 bits per heavy atom. The molecule has 1 atom stereocenters. The summed E-state index contributed by atoms with van der Waals surface area (Å²) in [6.45, 7) is 1.44. The van der Waals surface area contributed by atoms with Crippen molar-refractivity contribution in [1.82, 2.24) is 5.32 Å². The maximum atomic E-state index is 12.0. The van der Waals surface area contributed by atoms with Gasteiger partial charge in [0.15, 0.2) is 0 Å². The standard InChI is InChI=1S/C21H27N3O2/c22-13-15(23)7-5-6-12-24-21(25)26-14-20-18-10-3-1-8-16(18)17-9-2-4-11-19(17)20/h1-4,8-11,15,20H,5-7,12-14,22-23H2,(H,24,25). The molecular formula is C21H27N3O2. The summed E-state index contributed by atoms with van der Waals surface area (Å²) in [6, 6.07) is 16.7. The molecule has 2 aromatic carbocycles. The molecule has 5 nitrogen and oxygen atoms in total. The Morgan fingerprint density at radius 1 is 1.04 bits per heavy atom. The van der Waals surface area contributed by atoms with Crippen LogP contribution >= 0.6 is 0 Å². The van der Waals surface area contributed by atoms with Gasteiger partial charge in [0.25, 0.3) is 0 Å². The van der Waals surface area contributed by atoms with Crippen molar-refractivity contribution in [1.29, 1.82) is 0 Å². The first-order valence-electron chi connectivity index (χ1n) is 9.25. The van der Waals surface area contributed by atoms with Crippen LogP contribution in [0.25, 0.3) is 11.1 Å². The number of ether oxygens (including phenoxy) is 1. The maximum Gasteiger partial charge on any atom is 0.407 e. The smallest absolute Gasteiger partial charge is 0.407 e. The van der Waals surface area contributed by atoms with E-state index in [2.05, 4.69) is 29.6 Å². The minimum atomic E-state index is -0.366. The number of unbranched alkanes of at least 4 members (excludes halogenated alkanes) is 1. The molecule has 0 bridgehead atoms. The molecule has 5 heteroatoms. The monoisotopic (exact) mass is 353 g/mol. The molecule has 0 radical (unpaired) electrons. The number of hydrogen-bond acceptors (Lipinski definition) is 4. The molecule has 0 aromatic heterocycles. The summed E-state index contributed by atoms with van der Waals surface area (Å²) in [6.07, 6.45) is 2.33. The third-order valence-electron chi connectivity index (χ3n) is 4.92. The fourth-order valence-electron chi connectivity index (χ4n) is 3.49. The highest BCUT2D eigenvalue weighted by atomic mass is 16.5. The highest BCUT2D eigenvalue weighted by molar-refractivity contribution is 5.79. The van der Waals surface area contributed by atoms with Crippen LogP contribution < -0.4 is 16.8 Å². The first-order chi connectivity index (χ1) is 12.7. The summed E-state index contributed by atoms with van der Waals surface area (Å²) < 4.78 is 5.49. The first-order valence-corrected chi connectivity index (χ1v) is 9.25. The molecule has 2 aromatic rings. The summed E-state index contributed by atoms with van der Waals surface area (Å²) in [7, 11) is 0. The second-order valence-electron chi connectivity index (χ2n) is 6.74. The largest absolute Gasteiger partial charge is 0.449 e. The van der Waals surface area contributed by atoms with Crippen LogP contribution in [0, 0.1) is 0 Å². The number of fused-ring (bicyclic) bond motifs is 3. The van der Waals surface area contributed by atoms with E-state index < -0.39 is 0 Å². The fraction of sp³-hybridized carbons (Fsp3) is 0.381. The van der Waals surface area contributed by atoms with E-state index in [0.717, 1.165) is 19.3 Å². The lowest BCUT2D eigenvalue weighted by atomic mass is 9.98. The van der Waals surface area contributed by atoms with E-state index in [-0.39, 0.29) is 18.1 Å². The number of carbonyl (C=O) groups excluding carboxylic acids is 1. The van der Waals surface area contributed by atoms with Crippen LogP contribution in [0.5, 0.6) is 0 Å². The normalized spacial score (nSPS) is 13.8. The number of hydrogen-bond donors (Lipinski definition) is 3. The second-order valence-corrected chi connectivity index (χ2v) is 6.74. The third kappa shape index (κ3) is 4.23. The molecule has 1 unspecified atom stereocenters. The molecule has 1 amide bonds. The molecule has 0 spiro atoms. The van der Waals surface area contributed by atoms with Gasteiger partial charge in [-0.1, -0.05) is 55.0 Å². The Labute approximate surface area is 154 Å². The lowest BCUT2D eigenvalue weighted by molar-refractivity contribution is 0.143. The molecule has 1 aliphatic carbocycles. The van der Waals surface area contributed by atoms with E-state index in [9.17, 15) is 4.79 Å². The van der Waals surface area contributed by atoms with Gasteiger partial charge in [-0.3, -0.25) is 0 Å². The summed E-state index contributed by atoms with van der Waals surface area (Å²) >= 11 is 0. The number of rotatable bonds is 8. The Balaban J connectivity index is 1.50. The summed E-state index contributed by atoms with van der Waals surface area (Å²) in [5, 5.41) is 2.81. The van der Waals surface area contributed by atoms with E-state index in [0.29, 0.717) is 19.7 Å². The topological polar surface area (TPSA) is 90.4 Å². The molecule has 138 valence electrons. The van der Waals surface area contributed by atoms with Crippen LogP contribution in [0.4, 0.5) is 4.79 Å². The van der Waals surface area contributed by atoms with E-state index in [1.165, 1.54) is 22.3 Å². The van der Waals surface area contributed by atoms with Crippen LogP contribution in [0.3, 0.4) is 0 Å². The Kier molecular flexibility index (Phi) is 6.26. The van der Waals surface area contributed by atoms with E-state index in [4.69, 9.17) is 16.2 Å². The molecular weight excluding hydrogens is 326 g/mol. The number of carbonyl (C=O) groups is 1. The van der Waals surface area contributed by atoms with Gasteiger partial charge in [0, 0.05) is 25.0 Å². The SMILES string of the molecule is NCC(N)CCCCNC(=O)OCC1c2ccccc2-c2ccccc21. The van der Waals surface area contributed by atoms with Gasteiger partial charge in [0.05, 0.1) is 0 Å². The van der Waals surface area contributed by atoms with Gasteiger partial charge >= 0.3 is 6.09 Å². The molecule has 0 aliphatic heterocycles. The zero-order valence-corrected chi connectivity index (χ0v) is 15.0. The van der Waals surface area contributed by atoms with Gasteiger partial charge in [-0.2, -0.15) is 0 Å². The minimum Gasteiger partial charge on any atom is -0.449 e. The van der Waals surface area contributed by atoms with Crippen molar-refractivity contribution >= 4 is 6.09 Å². The van der Waals surface area contributed by atoms with Crippen molar-refractivity contribution in [2.75, 3.05) is 19.7 Å². The maximum absolute atomic E-state index is 12.0. The van der Waals surface area contributed by atoms with E-state index >= 15 is 0 Å². The molecule has 5 N–H and O–H groups in total. The van der Waals surface area contributed by atoms with Crippen LogP contribution in [0.2, 0.25) is 0 Å². The fourth-order valence-corrected chi connectivity index (χ4v) is 3.49. The highest BCUT2D eigenvalue weighted by Gasteiger charge is 2.28. The van der Waals surface area contributed by atoms with Gasteiger partial charge in [0.2, 0.25) is 0 Å². The highest BCUT2D eigenvalue weighted by Crippen LogP contribution is 2.44. The Morgan fingerprint density at radius 3 is 2.27 bits per heavy atom. The molecule has 3 rings (SSSR count). The molecule has 0 fully saturated rings. The van der Waals surface area contributed by atoms with Gasteiger partial charge in [-0.25, -0.2) is 4.79 Å². The van der Waals surface area contributed by atoms with Crippen molar-refractivity contribution in [2.45, 2.75) is 31.2 Å². The quantitative estimate of drug-likeness (QED) is 0.636. The average molecular weight is 353 g/mol. The van der Waals surface area contributed by atoms with Crippen LogP contribution in [-0.2, 0) is 4.74 Å². The van der Waals surface area contributed by atoms with Crippen molar-refractivity contribution in [3.8, 4) is 11.1 Å². The average Bonchev–Trinajstić information content (AvgIpc) is 3.00. The second kappa shape index (κ2) is 8.83. The number of benzene rings is 2. The van der Waals surface area contributed by atoms with Crippen LogP contribution in [0.1, 0.15) is 36.3 Å². The van der Waals surface area contributed by atoms with Gasteiger partial charge in [0.1, 0.15) is 6.61 Å². The summed E-state index contributed by atoms with van der Waals surface area (Å²) in [5.74, 6) is 0.0932. The zero-order valence-electron chi connectivity index (χ0n) is 15.0. The molecule has 0 saturated heterocycles.